The van der Waals surface area contributed by atoms with Gasteiger partial charge in [-0.1, -0.05) is 24.6 Å². The Bertz CT molecular complexity index is 1180. The van der Waals surface area contributed by atoms with Crippen molar-refractivity contribution in [1.82, 2.24) is 9.80 Å². The van der Waals surface area contributed by atoms with Crippen molar-refractivity contribution in [2.45, 2.75) is 38.6 Å². The highest BCUT2D eigenvalue weighted by atomic mass is 16.5. The summed E-state index contributed by atoms with van der Waals surface area (Å²) in [5, 5.41) is 0.945. The molecule has 0 bridgehead atoms. The molecule has 0 N–H and O–H groups in total. The van der Waals surface area contributed by atoms with Crippen LogP contribution in [-0.4, -0.2) is 54.4 Å². The second-order valence-corrected chi connectivity index (χ2v) is 9.22. The van der Waals surface area contributed by atoms with Gasteiger partial charge in [0.15, 0.2) is 0 Å². The van der Waals surface area contributed by atoms with Crippen LogP contribution in [0.3, 0.4) is 0 Å². The summed E-state index contributed by atoms with van der Waals surface area (Å²) in [5.74, 6) is 2.03. The average molecular weight is 447 g/mol. The number of amides is 2. The number of aryl methyl sites for hydroxylation is 1. The first-order valence-electron chi connectivity index (χ1n) is 11.7. The molecule has 2 aliphatic heterocycles. The average Bonchev–Trinajstić information content (AvgIpc) is 3.35. The summed E-state index contributed by atoms with van der Waals surface area (Å²) in [5.41, 5.74) is 2.37. The van der Waals surface area contributed by atoms with Crippen LogP contribution in [0.15, 0.2) is 52.9 Å². The molecule has 0 spiro atoms. The number of hydrogen-bond acceptors (Lipinski definition) is 4. The molecule has 3 aromatic rings. The first kappa shape index (κ1) is 21.6. The van der Waals surface area contributed by atoms with Crippen LogP contribution in [0.5, 0.6) is 5.75 Å². The second kappa shape index (κ2) is 8.93. The molecule has 0 unspecified atom stereocenters. The molecule has 33 heavy (non-hydrogen) atoms. The number of ether oxygens (including phenoxy) is 1. The van der Waals surface area contributed by atoms with Crippen LogP contribution in [0.2, 0.25) is 0 Å². The maximum atomic E-state index is 13.4. The fourth-order valence-corrected chi connectivity index (χ4v) is 5.43. The highest BCUT2D eigenvalue weighted by molar-refractivity contribution is 5.98. The Hall–Kier alpha value is -3.28. The van der Waals surface area contributed by atoms with Crippen LogP contribution in [0.25, 0.3) is 11.0 Å². The zero-order valence-corrected chi connectivity index (χ0v) is 19.3. The molecule has 2 fully saturated rings. The molecule has 2 aromatic carbocycles. The van der Waals surface area contributed by atoms with Gasteiger partial charge >= 0.3 is 0 Å². The lowest BCUT2D eigenvalue weighted by Crippen LogP contribution is -2.45. The predicted octanol–water partition coefficient (Wildman–Crippen LogP) is 4.45. The Morgan fingerprint density at radius 3 is 2.79 bits per heavy atom. The largest absolute Gasteiger partial charge is 0.496 e. The van der Waals surface area contributed by atoms with Crippen molar-refractivity contribution in [3.63, 3.8) is 0 Å². The van der Waals surface area contributed by atoms with E-state index in [1.807, 2.05) is 65.3 Å². The van der Waals surface area contributed by atoms with E-state index in [9.17, 15) is 9.59 Å². The lowest BCUT2D eigenvalue weighted by atomic mass is 9.98. The molecule has 0 radical (unpaired) electrons. The third kappa shape index (κ3) is 4.22. The number of methoxy groups -OCH3 is 1. The molecule has 2 saturated heterocycles. The minimum atomic E-state index is 0.0287. The normalized spacial score (nSPS) is 20.5. The van der Waals surface area contributed by atoms with E-state index in [1.165, 1.54) is 0 Å². The van der Waals surface area contributed by atoms with Gasteiger partial charge in [0.25, 0.3) is 5.91 Å². The Morgan fingerprint density at radius 2 is 1.94 bits per heavy atom. The second-order valence-electron chi connectivity index (χ2n) is 9.22. The highest BCUT2D eigenvalue weighted by Crippen LogP contribution is 2.32. The van der Waals surface area contributed by atoms with Gasteiger partial charge in [0, 0.05) is 36.1 Å². The van der Waals surface area contributed by atoms with E-state index in [0.717, 1.165) is 53.8 Å². The van der Waals surface area contributed by atoms with Crippen molar-refractivity contribution in [3.05, 3.63) is 65.4 Å². The van der Waals surface area contributed by atoms with Crippen LogP contribution >= 0.6 is 0 Å². The third-order valence-electron chi connectivity index (χ3n) is 7.06. The van der Waals surface area contributed by atoms with Crippen LogP contribution in [0, 0.1) is 12.8 Å². The Morgan fingerprint density at radius 1 is 1.09 bits per heavy atom. The number of furan rings is 1. The maximum absolute atomic E-state index is 13.4. The number of hydrogen-bond donors (Lipinski definition) is 0. The monoisotopic (exact) mass is 446 g/mol. The predicted molar refractivity (Wildman–Crippen MR) is 126 cm³/mol. The van der Waals surface area contributed by atoms with Gasteiger partial charge in [-0.3, -0.25) is 9.59 Å². The molecule has 0 saturated carbocycles. The maximum Gasteiger partial charge on any atom is 0.253 e. The third-order valence-corrected chi connectivity index (χ3v) is 7.06. The van der Waals surface area contributed by atoms with Crippen molar-refractivity contribution >= 4 is 22.8 Å². The zero-order valence-electron chi connectivity index (χ0n) is 19.3. The first-order valence-corrected chi connectivity index (χ1v) is 11.7. The molecule has 1 aromatic heterocycles. The number of carbonyl (C=O) groups is 2. The van der Waals surface area contributed by atoms with E-state index in [2.05, 4.69) is 0 Å². The number of benzene rings is 2. The van der Waals surface area contributed by atoms with Gasteiger partial charge in [-0.25, -0.2) is 0 Å². The summed E-state index contributed by atoms with van der Waals surface area (Å²) in [7, 11) is 1.63. The molecule has 2 aliphatic rings. The van der Waals surface area contributed by atoms with Gasteiger partial charge in [0.1, 0.15) is 17.1 Å². The topological polar surface area (TPSA) is 63.0 Å². The van der Waals surface area contributed by atoms with E-state index in [-0.39, 0.29) is 17.9 Å². The van der Waals surface area contributed by atoms with E-state index in [4.69, 9.17) is 9.15 Å². The van der Waals surface area contributed by atoms with Crippen molar-refractivity contribution in [2.75, 3.05) is 26.7 Å². The van der Waals surface area contributed by atoms with Crippen molar-refractivity contribution < 1.29 is 18.7 Å². The minimum absolute atomic E-state index is 0.0287. The molecular weight excluding hydrogens is 416 g/mol. The molecule has 2 amide bonds. The van der Waals surface area contributed by atoms with Gasteiger partial charge in [0.2, 0.25) is 5.91 Å². The highest BCUT2D eigenvalue weighted by Gasteiger charge is 2.41. The Labute approximate surface area is 194 Å². The number of likely N-dealkylation sites (tertiary alicyclic amines) is 2. The van der Waals surface area contributed by atoms with E-state index in [0.29, 0.717) is 31.0 Å². The molecule has 2 atom stereocenters. The smallest absolute Gasteiger partial charge is 0.253 e. The van der Waals surface area contributed by atoms with E-state index in [1.54, 1.807) is 7.11 Å². The zero-order chi connectivity index (χ0) is 22.9. The molecule has 3 heterocycles. The van der Waals surface area contributed by atoms with Crippen LogP contribution in [0.1, 0.15) is 40.9 Å². The minimum Gasteiger partial charge on any atom is -0.496 e. The first-order chi connectivity index (χ1) is 16.0. The van der Waals surface area contributed by atoms with Crippen molar-refractivity contribution in [3.8, 4) is 5.75 Å². The van der Waals surface area contributed by atoms with Crippen molar-refractivity contribution in [2.24, 2.45) is 5.92 Å². The van der Waals surface area contributed by atoms with Gasteiger partial charge in [-0.05, 0) is 56.0 Å². The number of carbonyl (C=O) groups excluding carboxylic acids is 2. The fourth-order valence-electron chi connectivity index (χ4n) is 5.43. The van der Waals surface area contributed by atoms with Gasteiger partial charge in [0.05, 0.1) is 19.6 Å². The summed E-state index contributed by atoms with van der Waals surface area (Å²) in [6.45, 7) is 3.94. The number of fused-ring (bicyclic) bond motifs is 2. The summed E-state index contributed by atoms with van der Waals surface area (Å²) in [6.07, 6.45) is 3.46. The molecule has 0 aliphatic carbocycles. The lowest BCUT2D eigenvalue weighted by Gasteiger charge is -2.30. The summed E-state index contributed by atoms with van der Waals surface area (Å²) < 4.78 is 11.1. The van der Waals surface area contributed by atoms with E-state index >= 15 is 0 Å². The van der Waals surface area contributed by atoms with Crippen LogP contribution in [-0.2, 0) is 11.2 Å². The quantitative estimate of drug-likeness (QED) is 0.594. The van der Waals surface area contributed by atoms with Gasteiger partial charge < -0.3 is 19.0 Å². The molecule has 172 valence electrons. The van der Waals surface area contributed by atoms with Crippen LogP contribution < -0.4 is 4.74 Å². The number of rotatable bonds is 4. The van der Waals surface area contributed by atoms with E-state index < -0.39 is 0 Å². The number of nitrogens with zero attached hydrogens (tertiary/aromatic N) is 2. The summed E-state index contributed by atoms with van der Waals surface area (Å²) in [4.78, 5) is 30.7. The molecule has 6 heteroatoms. The molecule has 5 rings (SSSR count). The standard InChI is InChI=1S/C27H30N2O4/c1-18-13-22-14-20(10-11-25(22)33-18)27(31)28-16-21-8-5-6-12-29(23(21)17-28)26(30)15-19-7-3-4-9-24(19)32-2/h3-4,7,9-11,13-14,21,23H,5-6,8,12,15-17H2,1-2H3/t21-,23+/m0/s1. The summed E-state index contributed by atoms with van der Waals surface area (Å²) >= 11 is 0. The Kier molecular flexibility index (Phi) is 5.83. The van der Waals surface area contributed by atoms with Gasteiger partial charge in [-0.2, -0.15) is 0 Å². The summed E-state index contributed by atoms with van der Waals surface area (Å²) in [6, 6.07) is 15.3. The number of para-hydroxylation sites is 1. The SMILES string of the molecule is COc1ccccc1CC(=O)N1CCCC[C@H]2CN(C(=O)c3ccc4oc(C)cc4c3)C[C@H]21. The molecular formula is C27H30N2O4. The molecule has 6 nitrogen and oxygen atoms in total. The van der Waals surface area contributed by atoms with Crippen molar-refractivity contribution in [1.29, 1.82) is 0 Å². The lowest BCUT2D eigenvalue weighted by molar-refractivity contribution is -0.133. The Balaban J connectivity index is 1.34. The van der Waals surface area contributed by atoms with Crippen LogP contribution in [0.4, 0.5) is 0 Å². The van der Waals surface area contributed by atoms with Gasteiger partial charge in [-0.15, -0.1) is 0 Å². The fraction of sp³-hybridized carbons (Fsp3) is 0.407.